The Bertz CT molecular complexity index is 1130. The number of hydrogen-bond acceptors (Lipinski definition) is 7. The Morgan fingerprint density at radius 2 is 2.20 bits per heavy atom. The van der Waals surface area contributed by atoms with Crippen LogP contribution >= 0.6 is 0 Å². The minimum Gasteiger partial charge on any atom is -0.348 e. The fourth-order valence-electron chi connectivity index (χ4n) is 3.88. The number of hydrogen-bond donors (Lipinski definition) is 2. The van der Waals surface area contributed by atoms with E-state index in [1.165, 1.54) is 6.08 Å². The molecule has 0 aromatic carbocycles. The van der Waals surface area contributed by atoms with Crippen molar-refractivity contribution in [1.29, 1.82) is 0 Å². The van der Waals surface area contributed by atoms with Crippen LogP contribution in [0, 0.1) is 0 Å². The van der Waals surface area contributed by atoms with E-state index in [9.17, 15) is 4.79 Å². The summed E-state index contributed by atoms with van der Waals surface area (Å²) in [6.07, 6.45) is 9.87. The standard InChI is InChI=1S/C20H25N9O/c1-4-15(30)23-13-5-8-28(11-13)19-25-17(24-14-9-22-27(3)10-14)16-18(26-19)29(12-21-16)20(2)6-7-20/h4,9-10,12-13H,1,5-8,11H2,2-3H3,(H,23,30)(H,24,25,26). The van der Waals surface area contributed by atoms with Crippen molar-refractivity contribution in [3.8, 4) is 0 Å². The van der Waals surface area contributed by atoms with Gasteiger partial charge in [0.1, 0.15) is 0 Å². The van der Waals surface area contributed by atoms with Gasteiger partial charge in [0.15, 0.2) is 17.0 Å². The molecule has 10 heteroatoms. The molecule has 2 N–H and O–H groups in total. The minimum absolute atomic E-state index is 0.0513. The van der Waals surface area contributed by atoms with Gasteiger partial charge < -0.3 is 20.1 Å². The van der Waals surface area contributed by atoms with Crippen molar-refractivity contribution in [3.05, 3.63) is 31.4 Å². The number of amides is 1. The van der Waals surface area contributed by atoms with Gasteiger partial charge in [0.25, 0.3) is 0 Å². The molecule has 0 bridgehead atoms. The van der Waals surface area contributed by atoms with Crippen molar-refractivity contribution < 1.29 is 4.79 Å². The fraction of sp³-hybridized carbons (Fsp3) is 0.450. The van der Waals surface area contributed by atoms with E-state index in [1.54, 1.807) is 10.9 Å². The van der Waals surface area contributed by atoms with Crippen LogP contribution in [0.4, 0.5) is 17.5 Å². The molecule has 3 aromatic rings. The van der Waals surface area contributed by atoms with Crippen LogP contribution in [0.3, 0.4) is 0 Å². The molecule has 1 aliphatic heterocycles. The topological polar surface area (TPSA) is 106 Å². The van der Waals surface area contributed by atoms with Gasteiger partial charge in [-0.3, -0.25) is 9.48 Å². The number of nitrogens with zero attached hydrogens (tertiary/aromatic N) is 7. The average molecular weight is 407 g/mol. The van der Waals surface area contributed by atoms with Gasteiger partial charge in [0.2, 0.25) is 11.9 Å². The summed E-state index contributed by atoms with van der Waals surface area (Å²) >= 11 is 0. The summed E-state index contributed by atoms with van der Waals surface area (Å²) in [5, 5.41) is 10.5. The van der Waals surface area contributed by atoms with Crippen molar-refractivity contribution in [3.63, 3.8) is 0 Å². The zero-order valence-corrected chi connectivity index (χ0v) is 17.2. The van der Waals surface area contributed by atoms with Gasteiger partial charge in [-0.05, 0) is 32.3 Å². The van der Waals surface area contributed by atoms with E-state index in [0.717, 1.165) is 42.7 Å². The molecule has 2 aliphatic rings. The fourth-order valence-corrected chi connectivity index (χ4v) is 3.88. The lowest BCUT2D eigenvalue weighted by molar-refractivity contribution is -0.117. The largest absolute Gasteiger partial charge is 0.348 e. The van der Waals surface area contributed by atoms with Crippen LogP contribution in [0.2, 0.25) is 0 Å². The van der Waals surface area contributed by atoms with Gasteiger partial charge in [0, 0.05) is 37.9 Å². The van der Waals surface area contributed by atoms with E-state index in [2.05, 4.69) is 43.7 Å². The predicted molar refractivity (Wildman–Crippen MR) is 114 cm³/mol. The maximum Gasteiger partial charge on any atom is 0.243 e. The van der Waals surface area contributed by atoms with Gasteiger partial charge in [0.05, 0.1) is 18.2 Å². The molecular formula is C20H25N9O. The Balaban J connectivity index is 1.51. The first-order chi connectivity index (χ1) is 14.4. The predicted octanol–water partition coefficient (Wildman–Crippen LogP) is 1.69. The molecule has 30 heavy (non-hydrogen) atoms. The number of rotatable bonds is 6. The molecule has 1 saturated heterocycles. The highest BCUT2D eigenvalue weighted by Crippen LogP contribution is 2.44. The van der Waals surface area contributed by atoms with Crippen LogP contribution in [0.1, 0.15) is 26.2 Å². The van der Waals surface area contributed by atoms with Crippen LogP contribution in [-0.4, -0.2) is 54.3 Å². The summed E-state index contributed by atoms with van der Waals surface area (Å²) in [4.78, 5) is 28.1. The molecule has 3 aromatic heterocycles. The molecule has 156 valence electrons. The number of nitrogens with one attached hydrogen (secondary N) is 2. The van der Waals surface area contributed by atoms with Crippen LogP contribution in [0.25, 0.3) is 11.2 Å². The number of aryl methyl sites for hydroxylation is 1. The summed E-state index contributed by atoms with van der Waals surface area (Å²) in [5.74, 6) is 1.14. The molecule has 0 spiro atoms. The first-order valence-corrected chi connectivity index (χ1v) is 10.1. The maximum absolute atomic E-state index is 11.7. The van der Waals surface area contributed by atoms with E-state index < -0.39 is 0 Å². The third-order valence-corrected chi connectivity index (χ3v) is 5.91. The number of aromatic nitrogens is 6. The lowest BCUT2D eigenvalue weighted by atomic mass is 10.2. The highest BCUT2D eigenvalue weighted by molar-refractivity contribution is 5.88. The van der Waals surface area contributed by atoms with Gasteiger partial charge in [-0.1, -0.05) is 6.58 Å². The third kappa shape index (κ3) is 3.27. The Kier molecular flexibility index (Phi) is 4.23. The highest BCUT2D eigenvalue weighted by Gasteiger charge is 2.41. The van der Waals surface area contributed by atoms with Crippen molar-refractivity contribution in [1.82, 2.24) is 34.6 Å². The molecule has 0 radical (unpaired) electrons. The minimum atomic E-state index is -0.156. The molecule has 1 amide bonds. The summed E-state index contributed by atoms with van der Waals surface area (Å²) in [7, 11) is 1.87. The van der Waals surface area contributed by atoms with Crippen LogP contribution in [-0.2, 0) is 17.4 Å². The SMILES string of the molecule is C=CC(=O)NC1CCN(c2nc(Nc3cnn(C)c3)c3ncn(C4(C)CC4)c3n2)C1. The molecule has 5 rings (SSSR count). The quantitative estimate of drug-likeness (QED) is 0.599. The summed E-state index contributed by atoms with van der Waals surface area (Å²) in [5.41, 5.74) is 2.47. The van der Waals surface area contributed by atoms with Gasteiger partial charge >= 0.3 is 0 Å². The van der Waals surface area contributed by atoms with Gasteiger partial charge in [-0.15, -0.1) is 0 Å². The molecule has 1 aliphatic carbocycles. The van der Waals surface area contributed by atoms with E-state index >= 15 is 0 Å². The van der Waals surface area contributed by atoms with E-state index in [1.807, 2.05) is 19.6 Å². The Hall–Kier alpha value is -3.43. The van der Waals surface area contributed by atoms with E-state index in [4.69, 9.17) is 9.97 Å². The molecular weight excluding hydrogens is 382 g/mol. The molecule has 1 atom stereocenters. The molecule has 1 saturated carbocycles. The second kappa shape index (κ2) is 6.82. The van der Waals surface area contributed by atoms with Crippen molar-refractivity contribution >= 4 is 34.5 Å². The van der Waals surface area contributed by atoms with Crippen molar-refractivity contribution in [2.24, 2.45) is 7.05 Å². The summed E-state index contributed by atoms with van der Waals surface area (Å²) < 4.78 is 3.90. The maximum atomic E-state index is 11.7. The molecule has 1 unspecified atom stereocenters. The van der Waals surface area contributed by atoms with Crippen molar-refractivity contribution in [2.75, 3.05) is 23.3 Å². The average Bonchev–Trinajstić information content (AvgIpc) is 3.13. The van der Waals surface area contributed by atoms with E-state index in [-0.39, 0.29) is 17.5 Å². The second-order valence-electron chi connectivity index (χ2n) is 8.33. The third-order valence-electron chi connectivity index (χ3n) is 5.91. The van der Waals surface area contributed by atoms with Gasteiger partial charge in [-0.25, -0.2) is 4.98 Å². The number of anilines is 3. The van der Waals surface area contributed by atoms with E-state index in [0.29, 0.717) is 18.3 Å². The highest BCUT2D eigenvalue weighted by atomic mass is 16.1. The Morgan fingerprint density at radius 1 is 1.37 bits per heavy atom. The lowest BCUT2D eigenvalue weighted by Gasteiger charge is -2.19. The molecule has 10 nitrogen and oxygen atoms in total. The van der Waals surface area contributed by atoms with Crippen LogP contribution < -0.4 is 15.5 Å². The molecule has 4 heterocycles. The lowest BCUT2D eigenvalue weighted by Crippen LogP contribution is -2.36. The normalized spacial score (nSPS) is 19.8. The summed E-state index contributed by atoms with van der Waals surface area (Å²) in [6.45, 7) is 7.17. The van der Waals surface area contributed by atoms with Gasteiger partial charge in [-0.2, -0.15) is 15.1 Å². The number of imidazole rings is 1. The Morgan fingerprint density at radius 3 is 2.90 bits per heavy atom. The first-order valence-electron chi connectivity index (χ1n) is 10.1. The zero-order chi connectivity index (χ0) is 20.9. The first kappa shape index (κ1) is 18.6. The van der Waals surface area contributed by atoms with Crippen LogP contribution in [0.15, 0.2) is 31.4 Å². The smallest absolute Gasteiger partial charge is 0.243 e. The zero-order valence-electron chi connectivity index (χ0n) is 17.2. The second-order valence-corrected chi connectivity index (χ2v) is 8.33. The Labute approximate surface area is 174 Å². The summed E-state index contributed by atoms with van der Waals surface area (Å²) in [6, 6.07) is 0.0513. The van der Waals surface area contributed by atoms with Crippen molar-refractivity contribution in [2.45, 2.75) is 37.8 Å². The monoisotopic (exact) mass is 407 g/mol. The number of fused-ring (bicyclic) bond motifs is 1. The number of carbonyl (C=O) groups excluding carboxylic acids is 1. The van der Waals surface area contributed by atoms with Crippen LogP contribution in [0.5, 0.6) is 0 Å². The number of carbonyl (C=O) groups is 1. The molecule has 2 fully saturated rings.